The number of nitrogens with zero attached hydrogens (tertiary/aromatic N) is 1. The molecule has 1 heterocycles. The highest BCUT2D eigenvalue weighted by molar-refractivity contribution is 6.00. The topological polar surface area (TPSA) is 34.0 Å². The molecule has 1 atom stereocenters. The number of para-hydroxylation sites is 1. The molecule has 0 amide bonds. The third-order valence-corrected chi connectivity index (χ3v) is 2.78. The molecule has 98 valence electrons. The number of methoxy groups -OCH3 is 1. The van der Waals surface area contributed by atoms with Gasteiger partial charge in [0.25, 0.3) is 0 Å². The van der Waals surface area contributed by atoms with Crippen LogP contribution in [0, 0.1) is 0 Å². The minimum Gasteiger partial charge on any atom is -1.00 e. The summed E-state index contributed by atoms with van der Waals surface area (Å²) in [6.07, 6.45) is 4.00. The van der Waals surface area contributed by atoms with Crippen molar-refractivity contribution in [3.63, 3.8) is 0 Å². The number of hydrogen-bond acceptors (Lipinski definition) is 3. The van der Waals surface area contributed by atoms with Crippen LogP contribution < -0.4 is 26.6 Å². The van der Waals surface area contributed by atoms with Crippen LogP contribution in [-0.4, -0.2) is 38.1 Å². The Morgan fingerprint density at radius 3 is 2.78 bits per heavy atom. The highest BCUT2D eigenvalue weighted by Gasteiger charge is 2.18. The van der Waals surface area contributed by atoms with E-state index < -0.39 is 0 Å². The number of quaternary nitrogens is 1. The summed E-state index contributed by atoms with van der Waals surface area (Å²) in [5.74, 6) is 0.725. The Morgan fingerprint density at radius 1 is 1.44 bits per heavy atom. The highest BCUT2D eigenvalue weighted by atomic mass is 79.9. The number of nitrogens with one attached hydrogen (secondary N) is 1. The number of rotatable bonds is 4. The quantitative estimate of drug-likeness (QED) is 0.608. The number of ketones is 1. The minimum absolute atomic E-state index is 0. The number of hydrogen-bond donors (Lipinski definition) is 1. The number of carbonyl (C=O) groups is 1. The van der Waals surface area contributed by atoms with E-state index in [1.54, 1.807) is 13.2 Å². The van der Waals surface area contributed by atoms with Gasteiger partial charge in [-0.05, 0) is 12.1 Å². The van der Waals surface area contributed by atoms with Gasteiger partial charge in [-0.3, -0.25) is 9.69 Å². The van der Waals surface area contributed by atoms with Gasteiger partial charge in [0.05, 0.1) is 32.5 Å². The molecule has 0 saturated heterocycles. The first-order chi connectivity index (χ1) is 8.20. The molecule has 0 saturated carbocycles. The van der Waals surface area contributed by atoms with Crippen LogP contribution in [0.1, 0.15) is 10.4 Å². The minimum atomic E-state index is 0. The first-order valence-corrected chi connectivity index (χ1v) is 5.61. The van der Waals surface area contributed by atoms with Crippen LogP contribution in [0.3, 0.4) is 0 Å². The van der Waals surface area contributed by atoms with E-state index in [-0.39, 0.29) is 22.8 Å². The Morgan fingerprint density at radius 2 is 2.17 bits per heavy atom. The van der Waals surface area contributed by atoms with Crippen LogP contribution in [-0.2, 0) is 0 Å². The fraction of sp³-hybridized carbons (Fsp3) is 0.308. The van der Waals surface area contributed by atoms with E-state index in [0.717, 1.165) is 6.67 Å². The monoisotopic (exact) mass is 312 g/mol. The van der Waals surface area contributed by atoms with Crippen molar-refractivity contribution < 1.29 is 31.4 Å². The second-order valence-corrected chi connectivity index (χ2v) is 4.19. The predicted octanol–water partition coefficient (Wildman–Crippen LogP) is -2.86. The normalized spacial score (nSPS) is 17.4. The fourth-order valence-corrected chi connectivity index (χ4v) is 1.91. The summed E-state index contributed by atoms with van der Waals surface area (Å²) >= 11 is 0. The maximum atomic E-state index is 12.1. The SMILES string of the molecule is COc1ccccc1C(=O)CN1C=C[NH+](C)C1.[Br-]. The molecule has 0 fully saturated rings. The number of benzene rings is 1. The lowest BCUT2D eigenvalue weighted by atomic mass is 10.1. The van der Waals surface area contributed by atoms with E-state index >= 15 is 0 Å². The smallest absolute Gasteiger partial charge is 0.186 e. The summed E-state index contributed by atoms with van der Waals surface area (Å²) in [7, 11) is 3.64. The van der Waals surface area contributed by atoms with E-state index in [1.165, 1.54) is 4.90 Å². The van der Waals surface area contributed by atoms with E-state index in [2.05, 4.69) is 7.05 Å². The van der Waals surface area contributed by atoms with Gasteiger partial charge in [0.15, 0.2) is 12.5 Å². The molecule has 5 heteroatoms. The molecule has 1 aromatic carbocycles. The molecule has 18 heavy (non-hydrogen) atoms. The highest BCUT2D eigenvalue weighted by Crippen LogP contribution is 2.18. The van der Waals surface area contributed by atoms with Gasteiger partial charge in [0.1, 0.15) is 11.9 Å². The maximum Gasteiger partial charge on any atom is 0.186 e. The first-order valence-electron chi connectivity index (χ1n) is 5.61. The van der Waals surface area contributed by atoms with Crippen LogP contribution in [0.15, 0.2) is 36.7 Å². The van der Waals surface area contributed by atoms with Gasteiger partial charge < -0.3 is 26.6 Å². The van der Waals surface area contributed by atoms with E-state index in [4.69, 9.17) is 4.74 Å². The van der Waals surface area contributed by atoms with Crippen molar-refractivity contribution in [3.8, 4) is 5.75 Å². The summed E-state index contributed by atoms with van der Waals surface area (Å²) in [6, 6.07) is 7.33. The van der Waals surface area contributed by atoms with Crippen molar-refractivity contribution in [1.82, 2.24) is 4.90 Å². The number of Topliss-reactive ketones (excluding diaryl/α,β-unsaturated/α-hetero) is 1. The molecule has 0 spiro atoms. The summed E-state index contributed by atoms with van der Waals surface area (Å²) in [5.41, 5.74) is 0.646. The molecule has 0 aliphatic carbocycles. The van der Waals surface area contributed by atoms with E-state index in [0.29, 0.717) is 17.9 Å². The van der Waals surface area contributed by atoms with Crippen molar-refractivity contribution in [2.75, 3.05) is 27.4 Å². The summed E-state index contributed by atoms with van der Waals surface area (Å²) in [4.78, 5) is 15.4. The van der Waals surface area contributed by atoms with E-state index in [9.17, 15) is 4.79 Å². The van der Waals surface area contributed by atoms with Crippen molar-refractivity contribution in [2.45, 2.75) is 0 Å². The molecule has 1 aliphatic rings. The van der Waals surface area contributed by atoms with E-state index in [1.807, 2.05) is 35.5 Å². The standard InChI is InChI=1S/C13H16N2O2.BrH/c1-14-7-8-15(10-14)9-12(16)11-5-3-4-6-13(11)17-2;/h3-8H,9-10H2,1-2H3;1H. The average molecular weight is 313 g/mol. The van der Waals surface area contributed by atoms with Gasteiger partial charge in [-0.1, -0.05) is 12.1 Å². The molecule has 0 bridgehead atoms. The first kappa shape index (κ1) is 14.7. The van der Waals surface area contributed by atoms with Gasteiger partial charge in [-0.2, -0.15) is 0 Å². The summed E-state index contributed by atoms with van der Waals surface area (Å²) in [5, 5.41) is 0. The molecule has 0 radical (unpaired) electrons. The van der Waals surface area contributed by atoms with Gasteiger partial charge in [0, 0.05) is 0 Å². The Hall–Kier alpha value is -1.33. The Balaban J connectivity index is 0.00000162. The number of carbonyl (C=O) groups excluding carboxylic acids is 1. The van der Waals surface area contributed by atoms with Crippen LogP contribution in [0.4, 0.5) is 0 Å². The third kappa shape index (κ3) is 3.34. The molecule has 2 rings (SSSR count). The van der Waals surface area contributed by atoms with Crippen LogP contribution in [0.2, 0.25) is 0 Å². The average Bonchev–Trinajstić information content (AvgIpc) is 2.74. The van der Waals surface area contributed by atoms with Crippen LogP contribution >= 0.6 is 0 Å². The lowest BCUT2D eigenvalue weighted by molar-refractivity contribution is -0.826. The fourth-order valence-electron chi connectivity index (χ4n) is 1.91. The van der Waals surface area contributed by atoms with Crippen molar-refractivity contribution in [1.29, 1.82) is 0 Å². The van der Waals surface area contributed by atoms with Gasteiger partial charge in [-0.25, -0.2) is 0 Å². The Kier molecular flexibility index (Phi) is 5.37. The van der Waals surface area contributed by atoms with Gasteiger partial charge in [-0.15, -0.1) is 0 Å². The second kappa shape index (κ2) is 6.56. The largest absolute Gasteiger partial charge is 1.00 e. The molecule has 1 aliphatic heterocycles. The molecular weight excluding hydrogens is 296 g/mol. The lowest BCUT2D eigenvalue weighted by Gasteiger charge is -2.14. The maximum absolute atomic E-state index is 12.1. The number of halogens is 1. The molecule has 1 aromatic rings. The number of ether oxygens (including phenoxy) is 1. The zero-order valence-corrected chi connectivity index (χ0v) is 12.1. The van der Waals surface area contributed by atoms with Gasteiger partial charge >= 0.3 is 0 Å². The van der Waals surface area contributed by atoms with Crippen LogP contribution in [0.25, 0.3) is 0 Å². The zero-order valence-electron chi connectivity index (χ0n) is 10.5. The molecule has 4 nitrogen and oxygen atoms in total. The van der Waals surface area contributed by atoms with Crippen molar-refractivity contribution in [2.24, 2.45) is 0 Å². The summed E-state index contributed by atoms with van der Waals surface area (Å²) < 4.78 is 5.19. The predicted molar refractivity (Wildman–Crippen MR) is 64.9 cm³/mol. The van der Waals surface area contributed by atoms with Crippen LogP contribution in [0.5, 0.6) is 5.75 Å². The molecule has 1 N–H and O–H groups in total. The van der Waals surface area contributed by atoms with Crippen molar-refractivity contribution in [3.05, 3.63) is 42.2 Å². The zero-order chi connectivity index (χ0) is 12.3. The third-order valence-electron chi connectivity index (χ3n) is 2.78. The summed E-state index contributed by atoms with van der Waals surface area (Å²) in [6.45, 7) is 1.23. The Bertz CT molecular complexity index is 448. The van der Waals surface area contributed by atoms with Gasteiger partial charge in [0.2, 0.25) is 0 Å². The van der Waals surface area contributed by atoms with Crippen molar-refractivity contribution >= 4 is 5.78 Å². The molecule has 0 aromatic heterocycles. The Labute approximate surface area is 118 Å². The second-order valence-electron chi connectivity index (χ2n) is 4.19. The lowest BCUT2D eigenvalue weighted by Crippen LogP contribution is -3.03. The molecular formula is C13H17BrN2O2. The molecule has 1 unspecified atom stereocenters.